The molecule has 0 radical (unpaired) electrons. The predicted octanol–water partition coefficient (Wildman–Crippen LogP) is 1.10. The molecule has 170 valence electrons. The average molecular weight is 439 g/mol. The van der Waals surface area contributed by atoms with Gasteiger partial charge in [-0.2, -0.15) is 0 Å². The molecule has 8 heteroatoms. The Labute approximate surface area is 187 Å². The van der Waals surface area contributed by atoms with Crippen molar-refractivity contribution in [3.8, 4) is 0 Å². The summed E-state index contributed by atoms with van der Waals surface area (Å²) in [6.07, 6.45) is 3.55. The highest BCUT2D eigenvalue weighted by atomic mass is 16.5. The first kappa shape index (κ1) is 22.2. The highest BCUT2D eigenvalue weighted by molar-refractivity contribution is 5.99. The van der Waals surface area contributed by atoms with Gasteiger partial charge in [0.05, 0.1) is 25.3 Å². The van der Waals surface area contributed by atoms with Crippen molar-refractivity contribution < 1.29 is 14.3 Å². The Hall–Kier alpha value is -2.97. The number of nitrogens with one attached hydrogen (secondary N) is 2. The molecule has 2 aliphatic rings. The lowest BCUT2D eigenvalue weighted by molar-refractivity contribution is 0.0367. The van der Waals surface area contributed by atoms with Crippen LogP contribution in [-0.4, -0.2) is 67.2 Å². The Morgan fingerprint density at radius 3 is 2.59 bits per heavy atom. The lowest BCUT2D eigenvalue weighted by Crippen LogP contribution is -2.37. The summed E-state index contributed by atoms with van der Waals surface area (Å²) in [7, 11) is 1.47. The van der Waals surface area contributed by atoms with Crippen molar-refractivity contribution in [1.82, 2.24) is 20.1 Å². The number of nitrogens with zero attached hydrogens (tertiary/aromatic N) is 2. The van der Waals surface area contributed by atoms with E-state index in [9.17, 15) is 14.4 Å². The Bertz CT molecular complexity index is 1010. The number of rotatable bonds is 8. The monoisotopic (exact) mass is 438 g/mol. The molecular formula is C24H30N4O4. The van der Waals surface area contributed by atoms with E-state index in [0.29, 0.717) is 11.5 Å². The number of benzene rings is 1. The third kappa shape index (κ3) is 5.44. The minimum Gasteiger partial charge on any atom is -0.379 e. The fraction of sp³-hybridized carbons (Fsp3) is 0.458. The summed E-state index contributed by atoms with van der Waals surface area (Å²) in [4.78, 5) is 40.4. The summed E-state index contributed by atoms with van der Waals surface area (Å²) in [5.74, 6) is -0.285. The van der Waals surface area contributed by atoms with Crippen LogP contribution >= 0.6 is 0 Å². The molecule has 1 aromatic heterocycles. The van der Waals surface area contributed by atoms with Crippen molar-refractivity contribution in [3.05, 3.63) is 69.6 Å². The van der Waals surface area contributed by atoms with E-state index in [1.165, 1.54) is 17.7 Å². The molecule has 2 atom stereocenters. The highest BCUT2D eigenvalue weighted by Gasteiger charge is 2.38. The van der Waals surface area contributed by atoms with Gasteiger partial charge in [-0.25, -0.2) is 0 Å². The second-order valence-corrected chi connectivity index (χ2v) is 8.46. The van der Waals surface area contributed by atoms with Gasteiger partial charge < -0.3 is 19.9 Å². The second-order valence-electron chi connectivity index (χ2n) is 8.46. The molecule has 2 amide bonds. The van der Waals surface area contributed by atoms with Crippen LogP contribution in [0.2, 0.25) is 0 Å². The summed E-state index contributed by atoms with van der Waals surface area (Å²) in [5, 5.41) is 5.56. The van der Waals surface area contributed by atoms with Crippen LogP contribution in [-0.2, 0) is 11.3 Å². The van der Waals surface area contributed by atoms with Gasteiger partial charge in [-0.15, -0.1) is 0 Å². The number of carbonyl (C=O) groups is 2. The van der Waals surface area contributed by atoms with Crippen LogP contribution in [0, 0.1) is 5.92 Å². The SMILES string of the molecule is CNC(=O)c1cc(C(=O)N[C@@H]2C[C@H]2CCN2CCOCC2)cn(Cc2ccccc2)c1=O. The number of amides is 2. The van der Waals surface area contributed by atoms with Gasteiger partial charge in [-0.05, 0) is 36.9 Å². The molecule has 2 fully saturated rings. The molecule has 8 nitrogen and oxygen atoms in total. The Kier molecular flexibility index (Phi) is 7.02. The quantitative estimate of drug-likeness (QED) is 0.644. The molecule has 4 rings (SSSR count). The maximum atomic E-state index is 12.9. The molecule has 0 unspecified atom stereocenters. The van der Waals surface area contributed by atoms with Crippen LogP contribution < -0.4 is 16.2 Å². The summed E-state index contributed by atoms with van der Waals surface area (Å²) in [6.45, 7) is 4.82. The number of morpholine rings is 1. The zero-order chi connectivity index (χ0) is 22.5. The molecule has 1 aliphatic carbocycles. The summed E-state index contributed by atoms with van der Waals surface area (Å²) >= 11 is 0. The van der Waals surface area contributed by atoms with Crippen molar-refractivity contribution in [2.45, 2.75) is 25.4 Å². The van der Waals surface area contributed by atoms with E-state index in [4.69, 9.17) is 4.74 Å². The van der Waals surface area contributed by atoms with E-state index in [1.54, 1.807) is 6.20 Å². The van der Waals surface area contributed by atoms with E-state index in [-0.39, 0.29) is 24.1 Å². The van der Waals surface area contributed by atoms with Crippen molar-refractivity contribution >= 4 is 11.8 Å². The first-order valence-corrected chi connectivity index (χ1v) is 11.2. The molecule has 0 bridgehead atoms. The van der Waals surface area contributed by atoms with Gasteiger partial charge in [0.25, 0.3) is 17.4 Å². The number of hydrogen-bond donors (Lipinski definition) is 2. The maximum absolute atomic E-state index is 12.9. The van der Waals surface area contributed by atoms with Crippen LogP contribution in [0.1, 0.15) is 39.1 Å². The fourth-order valence-electron chi connectivity index (χ4n) is 4.12. The van der Waals surface area contributed by atoms with Gasteiger partial charge in [0.15, 0.2) is 0 Å². The molecule has 1 saturated carbocycles. The minimum atomic E-state index is -0.499. The van der Waals surface area contributed by atoms with Gasteiger partial charge in [-0.1, -0.05) is 30.3 Å². The standard InChI is InChI=1S/C24H30N4O4/c1-25-23(30)20-13-19(16-28(24(20)31)15-17-5-3-2-4-6-17)22(29)26-21-14-18(21)7-8-27-9-11-32-12-10-27/h2-6,13,16,18,21H,7-12,14-15H2,1H3,(H,25,30)(H,26,29)/t18-,21-/m1/s1. The molecule has 2 aromatic rings. The molecule has 0 spiro atoms. The lowest BCUT2D eigenvalue weighted by atomic mass is 10.1. The number of ether oxygens (including phenoxy) is 1. The smallest absolute Gasteiger partial charge is 0.263 e. The third-order valence-corrected chi connectivity index (χ3v) is 6.17. The van der Waals surface area contributed by atoms with Crippen molar-refractivity contribution in [1.29, 1.82) is 0 Å². The number of pyridine rings is 1. The first-order valence-electron chi connectivity index (χ1n) is 11.2. The highest BCUT2D eigenvalue weighted by Crippen LogP contribution is 2.34. The topological polar surface area (TPSA) is 92.7 Å². The van der Waals surface area contributed by atoms with Gasteiger partial charge >= 0.3 is 0 Å². The Morgan fingerprint density at radius 1 is 1.12 bits per heavy atom. The van der Waals surface area contributed by atoms with Crippen LogP contribution in [0.25, 0.3) is 0 Å². The molecular weight excluding hydrogens is 408 g/mol. The lowest BCUT2D eigenvalue weighted by Gasteiger charge is -2.26. The van der Waals surface area contributed by atoms with E-state index < -0.39 is 11.5 Å². The van der Waals surface area contributed by atoms with Crippen molar-refractivity contribution in [2.75, 3.05) is 39.9 Å². The van der Waals surface area contributed by atoms with Crippen LogP contribution in [0.3, 0.4) is 0 Å². The fourth-order valence-corrected chi connectivity index (χ4v) is 4.12. The summed E-state index contributed by atoms with van der Waals surface area (Å²) in [5.41, 5.74) is 0.786. The Balaban J connectivity index is 1.43. The van der Waals surface area contributed by atoms with Crippen molar-refractivity contribution in [3.63, 3.8) is 0 Å². The number of carbonyl (C=O) groups excluding carboxylic acids is 2. The first-order chi connectivity index (χ1) is 15.5. The summed E-state index contributed by atoms with van der Waals surface area (Å²) < 4.78 is 6.81. The van der Waals surface area contributed by atoms with Gasteiger partial charge in [0.1, 0.15) is 5.56 Å². The predicted molar refractivity (Wildman–Crippen MR) is 121 cm³/mol. The number of hydrogen-bond acceptors (Lipinski definition) is 5. The molecule has 1 aliphatic heterocycles. The van der Waals surface area contributed by atoms with Crippen LogP contribution in [0.4, 0.5) is 0 Å². The zero-order valence-electron chi connectivity index (χ0n) is 18.4. The normalized spacial score (nSPS) is 20.5. The van der Waals surface area contributed by atoms with Crippen LogP contribution in [0.5, 0.6) is 0 Å². The molecule has 2 heterocycles. The zero-order valence-corrected chi connectivity index (χ0v) is 18.4. The van der Waals surface area contributed by atoms with Crippen molar-refractivity contribution in [2.24, 2.45) is 5.92 Å². The average Bonchev–Trinajstić information content (AvgIpc) is 3.57. The molecule has 1 aromatic carbocycles. The molecule has 1 saturated heterocycles. The van der Waals surface area contributed by atoms with Gasteiger partial charge in [0, 0.05) is 32.4 Å². The Morgan fingerprint density at radius 2 is 1.88 bits per heavy atom. The molecule has 32 heavy (non-hydrogen) atoms. The van der Waals surface area contributed by atoms with E-state index >= 15 is 0 Å². The van der Waals surface area contributed by atoms with E-state index in [2.05, 4.69) is 15.5 Å². The van der Waals surface area contributed by atoms with E-state index in [0.717, 1.165) is 51.3 Å². The van der Waals surface area contributed by atoms with Gasteiger partial charge in [-0.3, -0.25) is 19.3 Å². The van der Waals surface area contributed by atoms with Gasteiger partial charge in [0.2, 0.25) is 0 Å². The van der Waals surface area contributed by atoms with E-state index in [1.807, 2.05) is 30.3 Å². The van der Waals surface area contributed by atoms with Crippen LogP contribution in [0.15, 0.2) is 47.4 Å². The maximum Gasteiger partial charge on any atom is 0.263 e. The number of aromatic nitrogens is 1. The minimum absolute atomic E-state index is 0.0317. The molecule has 2 N–H and O–H groups in total. The summed E-state index contributed by atoms with van der Waals surface area (Å²) in [6, 6.07) is 11.0. The third-order valence-electron chi connectivity index (χ3n) is 6.17. The largest absolute Gasteiger partial charge is 0.379 e. The second kappa shape index (κ2) is 10.1.